The molecule has 0 bridgehead atoms. The normalized spacial score (nSPS) is 18.4. The summed E-state index contributed by atoms with van der Waals surface area (Å²) >= 11 is 0. The molecule has 1 aliphatic heterocycles. The van der Waals surface area contributed by atoms with E-state index in [1.165, 1.54) is 32.1 Å². The SMILES string of the molecule is CCN(CC)CCNC(=O)C1CN(c2ccc3nnc(C4CCCCC4)n3n2)C1. The number of hydrogen-bond acceptors (Lipinski definition) is 6. The Bertz CT molecular complexity index is 820. The lowest BCUT2D eigenvalue weighted by Gasteiger charge is -2.39. The Balaban J connectivity index is 1.33. The van der Waals surface area contributed by atoms with Crippen LogP contribution >= 0.6 is 0 Å². The lowest BCUT2D eigenvalue weighted by molar-refractivity contribution is -0.125. The quantitative estimate of drug-likeness (QED) is 0.732. The fraction of sp³-hybridized carbons (Fsp3) is 0.714. The summed E-state index contributed by atoms with van der Waals surface area (Å²) in [6.45, 7) is 9.39. The first-order valence-electron chi connectivity index (χ1n) is 11.2. The number of nitrogens with one attached hydrogen (secondary N) is 1. The molecule has 2 fully saturated rings. The number of hydrogen-bond donors (Lipinski definition) is 1. The zero-order valence-electron chi connectivity index (χ0n) is 17.7. The van der Waals surface area contributed by atoms with Crippen molar-refractivity contribution in [1.29, 1.82) is 0 Å². The van der Waals surface area contributed by atoms with E-state index in [2.05, 4.69) is 39.2 Å². The molecule has 2 aromatic rings. The van der Waals surface area contributed by atoms with Crippen molar-refractivity contribution in [3.63, 3.8) is 0 Å². The monoisotopic (exact) mass is 399 g/mol. The third-order valence-electron chi connectivity index (χ3n) is 6.44. The van der Waals surface area contributed by atoms with Crippen molar-refractivity contribution in [2.45, 2.75) is 51.9 Å². The van der Waals surface area contributed by atoms with Crippen molar-refractivity contribution in [1.82, 2.24) is 30.0 Å². The van der Waals surface area contributed by atoms with Crippen LogP contribution in [0.4, 0.5) is 5.82 Å². The smallest absolute Gasteiger partial charge is 0.226 e. The van der Waals surface area contributed by atoms with Gasteiger partial charge in [0.25, 0.3) is 0 Å². The highest BCUT2D eigenvalue weighted by Gasteiger charge is 2.34. The van der Waals surface area contributed by atoms with Gasteiger partial charge >= 0.3 is 0 Å². The van der Waals surface area contributed by atoms with Gasteiger partial charge in [0.2, 0.25) is 5.91 Å². The summed E-state index contributed by atoms with van der Waals surface area (Å²) in [4.78, 5) is 16.9. The van der Waals surface area contributed by atoms with Crippen LogP contribution in [0, 0.1) is 5.92 Å². The summed E-state index contributed by atoms with van der Waals surface area (Å²) in [5, 5.41) is 16.6. The van der Waals surface area contributed by atoms with Crippen LogP contribution < -0.4 is 10.2 Å². The summed E-state index contributed by atoms with van der Waals surface area (Å²) < 4.78 is 1.92. The molecule has 29 heavy (non-hydrogen) atoms. The predicted molar refractivity (Wildman–Crippen MR) is 113 cm³/mol. The van der Waals surface area contributed by atoms with Gasteiger partial charge in [-0.3, -0.25) is 4.79 Å². The second-order valence-corrected chi connectivity index (χ2v) is 8.27. The molecule has 1 saturated heterocycles. The number of aromatic nitrogens is 4. The summed E-state index contributed by atoms with van der Waals surface area (Å²) in [5.41, 5.74) is 0.806. The standard InChI is InChI=1S/C21H33N7O/c1-3-26(4-2)13-12-22-21(29)17-14-27(15-17)19-11-10-18-23-24-20(28(18)25-19)16-8-6-5-7-9-16/h10-11,16-17H,3-9,12-15H2,1-2H3,(H,22,29). The van der Waals surface area contributed by atoms with Crippen LogP contribution in [0.2, 0.25) is 0 Å². The van der Waals surface area contributed by atoms with Gasteiger partial charge in [0.05, 0.1) is 5.92 Å². The Morgan fingerprint density at radius 1 is 1.14 bits per heavy atom. The number of amides is 1. The van der Waals surface area contributed by atoms with Gasteiger partial charge < -0.3 is 15.1 Å². The molecule has 3 heterocycles. The summed E-state index contributed by atoms with van der Waals surface area (Å²) in [6.07, 6.45) is 6.18. The van der Waals surface area contributed by atoms with Gasteiger partial charge in [-0.15, -0.1) is 15.3 Å². The first kappa shape index (κ1) is 20.1. The lowest BCUT2D eigenvalue weighted by Crippen LogP contribution is -2.54. The highest BCUT2D eigenvalue weighted by molar-refractivity contribution is 5.81. The summed E-state index contributed by atoms with van der Waals surface area (Å²) in [5.74, 6) is 2.56. The summed E-state index contributed by atoms with van der Waals surface area (Å²) in [6, 6.07) is 3.97. The highest BCUT2D eigenvalue weighted by atomic mass is 16.2. The Morgan fingerprint density at radius 2 is 1.90 bits per heavy atom. The maximum Gasteiger partial charge on any atom is 0.226 e. The topological polar surface area (TPSA) is 78.7 Å². The Kier molecular flexibility index (Phi) is 6.28. The number of likely N-dealkylation sites (N-methyl/N-ethyl adjacent to an activating group) is 1. The van der Waals surface area contributed by atoms with E-state index in [1.807, 2.05) is 16.6 Å². The van der Waals surface area contributed by atoms with Crippen LogP contribution in [0.3, 0.4) is 0 Å². The van der Waals surface area contributed by atoms with Gasteiger partial charge in [0.1, 0.15) is 5.82 Å². The van der Waals surface area contributed by atoms with E-state index in [0.29, 0.717) is 12.5 Å². The van der Waals surface area contributed by atoms with Crippen LogP contribution in [0.5, 0.6) is 0 Å². The van der Waals surface area contributed by atoms with Gasteiger partial charge in [0, 0.05) is 32.1 Å². The van der Waals surface area contributed by atoms with Gasteiger partial charge in [-0.05, 0) is 38.1 Å². The van der Waals surface area contributed by atoms with Crippen LogP contribution in [-0.4, -0.2) is 69.9 Å². The van der Waals surface area contributed by atoms with Crippen molar-refractivity contribution >= 4 is 17.4 Å². The molecule has 0 radical (unpaired) electrons. The molecule has 8 nitrogen and oxygen atoms in total. The predicted octanol–water partition coefficient (Wildman–Crippen LogP) is 2.07. The zero-order chi connectivity index (χ0) is 20.2. The second kappa shape index (κ2) is 9.07. The van der Waals surface area contributed by atoms with Crippen molar-refractivity contribution in [2.24, 2.45) is 5.92 Å². The van der Waals surface area contributed by atoms with E-state index in [-0.39, 0.29) is 11.8 Å². The molecule has 0 spiro atoms. The number of fused-ring (bicyclic) bond motifs is 1. The molecule has 1 aliphatic carbocycles. The fourth-order valence-electron chi connectivity index (χ4n) is 4.43. The van der Waals surface area contributed by atoms with Gasteiger partial charge in [0.15, 0.2) is 11.5 Å². The largest absolute Gasteiger partial charge is 0.354 e. The van der Waals surface area contributed by atoms with E-state index < -0.39 is 0 Å². The van der Waals surface area contributed by atoms with Crippen molar-refractivity contribution in [3.8, 4) is 0 Å². The lowest BCUT2D eigenvalue weighted by atomic mass is 9.89. The third-order valence-corrected chi connectivity index (χ3v) is 6.44. The average molecular weight is 400 g/mol. The van der Waals surface area contributed by atoms with Gasteiger partial charge in [-0.2, -0.15) is 4.52 Å². The Morgan fingerprint density at radius 3 is 2.62 bits per heavy atom. The Hall–Kier alpha value is -2.22. The minimum atomic E-state index is 0.0444. The molecular weight excluding hydrogens is 366 g/mol. The van der Waals surface area contributed by atoms with Crippen molar-refractivity contribution in [2.75, 3.05) is 44.2 Å². The van der Waals surface area contributed by atoms with E-state index in [1.54, 1.807) is 0 Å². The highest BCUT2D eigenvalue weighted by Crippen LogP contribution is 2.32. The number of carbonyl (C=O) groups is 1. The van der Waals surface area contributed by atoms with Crippen LogP contribution in [-0.2, 0) is 4.79 Å². The zero-order valence-corrected chi connectivity index (χ0v) is 17.7. The molecule has 1 amide bonds. The number of rotatable bonds is 8. The molecule has 4 rings (SSSR count). The van der Waals surface area contributed by atoms with Crippen LogP contribution in [0.25, 0.3) is 5.65 Å². The number of anilines is 1. The fourth-order valence-corrected chi connectivity index (χ4v) is 4.43. The first-order valence-corrected chi connectivity index (χ1v) is 11.2. The van der Waals surface area contributed by atoms with E-state index in [0.717, 1.165) is 50.0 Å². The van der Waals surface area contributed by atoms with Crippen LogP contribution in [0.15, 0.2) is 12.1 Å². The Labute approximate surface area is 172 Å². The molecule has 8 heteroatoms. The molecular formula is C21H33N7O. The first-order chi connectivity index (χ1) is 14.2. The minimum absolute atomic E-state index is 0.0444. The molecule has 158 valence electrons. The maximum atomic E-state index is 12.4. The molecule has 0 unspecified atom stereocenters. The maximum absolute atomic E-state index is 12.4. The minimum Gasteiger partial charge on any atom is -0.354 e. The van der Waals surface area contributed by atoms with E-state index >= 15 is 0 Å². The average Bonchev–Trinajstić information content (AvgIpc) is 3.14. The van der Waals surface area contributed by atoms with Crippen molar-refractivity contribution in [3.05, 3.63) is 18.0 Å². The number of carbonyl (C=O) groups excluding carboxylic acids is 1. The van der Waals surface area contributed by atoms with E-state index in [4.69, 9.17) is 5.10 Å². The van der Waals surface area contributed by atoms with Gasteiger partial charge in [-0.1, -0.05) is 33.1 Å². The third kappa shape index (κ3) is 4.37. The van der Waals surface area contributed by atoms with Crippen LogP contribution in [0.1, 0.15) is 57.7 Å². The molecule has 0 aromatic carbocycles. The van der Waals surface area contributed by atoms with Crippen molar-refractivity contribution < 1.29 is 4.79 Å². The molecule has 1 saturated carbocycles. The molecule has 0 atom stereocenters. The molecule has 1 N–H and O–H groups in total. The van der Waals surface area contributed by atoms with Gasteiger partial charge in [-0.25, -0.2) is 0 Å². The van der Waals surface area contributed by atoms with E-state index in [9.17, 15) is 4.79 Å². The molecule has 2 aliphatic rings. The second-order valence-electron chi connectivity index (χ2n) is 8.27. The molecule has 2 aromatic heterocycles. The summed E-state index contributed by atoms with van der Waals surface area (Å²) in [7, 11) is 0. The number of nitrogens with zero attached hydrogens (tertiary/aromatic N) is 6.